The average Bonchev–Trinajstić information content (AvgIpc) is 3.71. The Morgan fingerprint density at radius 1 is 0.463 bits per heavy atom. The first-order valence-corrected chi connectivity index (χ1v) is 13.9. The van der Waals surface area contributed by atoms with Crippen LogP contribution in [-0.4, -0.2) is 16.3 Å². The monoisotopic (exact) mass is 526 g/mol. The van der Waals surface area contributed by atoms with Gasteiger partial charge in [0.15, 0.2) is 5.75 Å². The highest BCUT2D eigenvalue weighted by Gasteiger charge is 2.39. The number of nitrogens with zero attached hydrogens (tertiary/aromatic N) is 2. The summed E-state index contributed by atoms with van der Waals surface area (Å²) in [6.45, 7) is 0. The van der Waals surface area contributed by atoms with Crippen LogP contribution >= 0.6 is 0 Å². The van der Waals surface area contributed by atoms with Gasteiger partial charge >= 0.3 is 7.25 Å². The van der Waals surface area contributed by atoms with Crippen molar-refractivity contribution in [1.29, 1.82) is 0 Å². The highest BCUT2D eigenvalue weighted by molar-refractivity contribution is 6.50. The number of rotatable bonds is 3. The van der Waals surface area contributed by atoms with Crippen LogP contribution in [0, 0.1) is 0 Å². The van der Waals surface area contributed by atoms with E-state index in [2.05, 4.69) is 118 Å². The predicted octanol–water partition coefficient (Wildman–Crippen LogP) is 8.86. The van der Waals surface area contributed by atoms with Gasteiger partial charge < -0.3 is 18.4 Å². The van der Waals surface area contributed by atoms with Crippen LogP contribution in [0.15, 0.2) is 140 Å². The van der Waals surface area contributed by atoms with Crippen LogP contribution in [0.1, 0.15) is 0 Å². The molecule has 0 saturated carbocycles. The van der Waals surface area contributed by atoms with E-state index >= 15 is 0 Å². The van der Waals surface area contributed by atoms with Gasteiger partial charge in [-0.25, -0.2) is 0 Å². The quantitative estimate of drug-likeness (QED) is 0.215. The SMILES string of the molecule is c1ccc(-c2cccc3c2OB(n2c4ccccc4c4cc(-n5c6ccccc6c6ccccc65)ccc42)O3)cc1. The van der Waals surface area contributed by atoms with Gasteiger partial charge in [0.25, 0.3) is 0 Å². The summed E-state index contributed by atoms with van der Waals surface area (Å²) in [5.74, 6) is 1.53. The summed E-state index contributed by atoms with van der Waals surface area (Å²) in [6.07, 6.45) is 0. The number of fused-ring (bicyclic) bond motifs is 7. The molecule has 1 aliphatic heterocycles. The molecule has 0 radical (unpaired) electrons. The topological polar surface area (TPSA) is 28.3 Å². The Morgan fingerprint density at radius 2 is 1.07 bits per heavy atom. The van der Waals surface area contributed by atoms with Gasteiger partial charge in [0.1, 0.15) is 5.75 Å². The van der Waals surface area contributed by atoms with E-state index < -0.39 is 7.25 Å². The van der Waals surface area contributed by atoms with Crippen molar-refractivity contribution in [3.8, 4) is 28.3 Å². The molecular weight excluding hydrogens is 503 g/mol. The molecule has 0 atom stereocenters. The molecule has 6 aromatic carbocycles. The third kappa shape index (κ3) is 3.23. The van der Waals surface area contributed by atoms with Crippen molar-refractivity contribution in [2.75, 3.05) is 0 Å². The maximum atomic E-state index is 6.61. The van der Waals surface area contributed by atoms with Crippen LogP contribution < -0.4 is 9.31 Å². The summed E-state index contributed by atoms with van der Waals surface area (Å²) < 4.78 is 17.6. The highest BCUT2D eigenvalue weighted by atomic mass is 16.6. The molecule has 4 nitrogen and oxygen atoms in total. The van der Waals surface area contributed by atoms with Gasteiger partial charge in [0.2, 0.25) is 0 Å². The van der Waals surface area contributed by atoms with E-state index in [-0.39, 0.29) is 0 Å². The molecule has 1 aliphatic rings. The summed E-state index contributed by atoms with van der Waals surface area (Å²) in [4.78, 5) is 0. The lowest BCUT2D eigenvalue weighted by Crippen LogP contribution is -2.34. The van der Waals surface area contributed by atoms with E-state index in [9.17, 15) is 0 Å². The molecule has 2 aromatic heterocycles. The Bertz CT molecular complexity index is 2230. The van der Waals surface area contributed by atoms with E-state index in [1.807, 2.05) is 30.3 Å². The number of para-hydroxylation sites is 4. The van der Waals surface area contributed by atoms with Crippen molar-refractivity contribution < 1.29 is 9.31 Å². The summed E-state index contributed by atoms with van der Waals surface area (Å²) in [6, 6.07) is 48.8. The standard InChI is InChI=1S/C36H23BN2O2/c1-2-11-24(12-3-1)26-16-10-20-35-36(26)41-37(40-35)39-33-19-9-6-15-29(33)30-23-25(21-22-34(30)39)38-31-17-7-4-13-27(31)28-14-5-8-18-32(28)38/h1-23H. The molecule has 0 unspecified atom stereocenters. The Labute approximate surface area is 236 Å². The molecule has 0 fully saturated rings. The maximum absolute atomic E-state index is 6.61. The van der Waals surface area contributed by atoms with Crippen molar-refractivity contribution in [1.82, 2.24) is 9.05 Å². The Hall–Kier alpha value is -5.42. The molecule has 0 saturated heterocycles. The largest absolute Gasteiger partial charge is 0.743 e. The molecule has 192 valence electrons. The minimum atomic E-state index is -0.614. The van der Waals surface area contributed by atoms with Gasteiger partial charge in [0.05, 0.1) is 11.0 Å². The van der Waals surface area contributed by atoms with E-state index in [1.165, 1.54) is 21.8 Å². The van der Waals surface area contributed by atoms with E-state index in [4.69, 9.17) is 9.31 Å². The molecule has 9 rings (SSSR count). The zero-order chi connectivity index (χ0) is 26.9. The second kappa shape index (κ2) is 8.54. The van der Waals surface area contributed by atoms with Crippen LogP contribution in [0.4, 0.5) is 0 Å². The Morgan fingerprint density at radius 3 is 1.80 bits per heavy atom. The smallest absolute Gasteiger partial charge is 0.503 e. The van der Waals surface area contributed by atoms with Gasteiger partial charge in [-0.05, 0) is 48.0 Å². The Kier molecular flexibility index (Phi) is 4.67. The van der Waals surface area contributed by atoms with Crippen LogP contribution in [0.5, 0.6) is 11.5 Å². The first-order chi connectivity index (χ1) is 20.3. The summed E-state index contributed by atoms with van der Waals surface area (Å²) in [7, 11) is -0.614. The lowest BCUT2D eigenvalue weighted by atomic mass is 10.0. The molecule has 0 N–H and O–H groups in total. The molecular formula is C36H23BN2O2. The summed E-state index contributed by atoms with van der Waals surface area (Å²) in [5, 5.41) is 4.83. The first kappa shape index (κ1) is 22.4. The van der Waals surface area contributed by atoms with E-state index in [0.29, 0.717) is 0 Å². The molecule has 0 amide bonds. The van der Waals surface area contributed by atoms with Crippen LogP contribution in [-0.2, 0) is 0 Å². The summed E-state index contributed by atoms with van der Waals surface area (Å²) >= 11 is 0. The minimum absolute atomic E-state index is 0.614. The van der Waals surface area contributed by atoms with Crippen molar-refractivity contribution in [2.24, 2.45) is 0 Å². The van der Waals surface area contributed by atoms with Crippen molar-refractivity contribution in [2.45, 2.75) is 0 Å². The maximum Gasteiger partial charge on any atom is 0.743 e. The normalized spacial score (nSPS) is 12.7. The molecule has 41 heavy (non-hydrogen) atoms. The fraction of sp³-hybridized carbons (Fsp3) is 0. The van der Waals surface area contributed by atoms with Crippen LogP contribution in [0.2, 0.25) is 0 Å². The van der Waals surface area contributed by atoms with E-state index in [1.54, 1.807) is 0 Å². The van der Waals surface area contributed by atoms with E-state index in [0.717, 1.165) is 50.1 Å². The van der Waals surface area contributed by atoms with Gasteiger partial charge in [-0.3, -0.25) is 0 Å². The zero-order valence-electron chi connectivity index (χ0n) is 22.1. The fourth-order valence-electron chi connectivity index (χ4n) is 6.47. The molecule has 0 aliphatic carbocycles. The van der Waals surface area contributed by atoms with Crippen molar-refractivity contribution in [3.63, 3.8) is 0 Å². The number of aromatic nitrogens is 2. The Balaban J connectivity index is 1.23. The average molecular weight is 526 g/mol. The van der Waals surface area contributed by atoms with Gasteiger partial charge in [-0.2, -0.15) is 0 Å². The molecule has 8 aromatic rings. The van der Waals surface area contributed by atoms with Crippen molar-refractivity contribution in [3.05, 3.63) is 140 Å². The number of benzene rings is 6. The second-order valence-electron chi connectivity index (χ2n) is 10.5. The van der Waals surface area contributed by atoms with Crippen molar-refractivity contribution >= 4 is 50.9 Å². The first-order valence-electron chi connectivity index (χ1n) is 13.9. The third-order valence-corrected chi connectivity index (χ3v) is 8.25. The molecule has 0 bridgehead atoms. The van der Waals surface area contributed by atoms with Gasteiger partial charge in [-0.15, -0.1) is 0 Å². The second-order valence-corrected chi connectivity index (χ2v) is 10.5. The fourth-order valence-corrected chi connectivity index (χ4v) is 6.47. The van der Waals surface area contributed by atoms with Gasteiger partial charge in [0, 0.05) is 43.8 Å². The van der Waals surface area contributed by atoms with Crippen LogP contribution in [0.25, 0.3) is 60.4 Å². The molecule has 0 spiro atoms. The van der Waals surface area contributed by atoms with Gasteiger partial charge in [-0.1, -0.05) is 97.1 Å². The highest BCUT2D eigenvalue weighted by Crippen LogP contribution is 2.44. The minimum Gasteiger partial charge on any atom is -0.503 e. The number of hydrogen-bond donors (Lipinski definition) is 0. The zero-order valence-corrected chi connectivity index (χ0v) is 22.1. The predicted molar refractivity (Wildman–Crippen MR) is 168 cm³/mol. The summed E-state index contributed by atoms with van der Waals surface area (Å²) in [5.41, 5.74) is 7.79. The van der Waals surface area contributed by atoms with Crippen LogP contribution in [0.3, 0.4) is 0 Å². The number of hydrogen-bond acceptors (Lipinski definition) is 2. The molecule has 5 heteroatoms. The lowest BCUT2D eigenvalue weighted by Gasteiger charge is -2.11. The lowest BCUT2D eigenvalue weighted by molar-refractivity contribution is 0.487. The third-order valence-electron chi connectivity index (χ3n) is 8.25. The molecule has 3 heterocycles.